The Labute approximate surface area is 233 Å². The van der Waals surface area contributed by atoms with Crippen LogP contribution in [0, 0.1) is 0 Å². The summed E-state index contributed by atoms with van der Waals surface area (Å²) in [5, 5.41) is 3.46. The van der Waals surface area contributed by atoms with Crippen LogP contribution in [0.15, 0.2) is 77.7 Å². The normalized spacial score (nSPS) is 11.9. The Balaban J connectivity index is 2.04. The number of hydrogen-bond donors (Lipinski definition) is 1. The minimum atomic E-state index is -4.14. The quantitative estimate of drug-likeness (QED) is 0.354. The molecule has 0 heterocycles. The van der Waals surface area contributed by atoms with E-state index in [1.165, 1.54) is 24.1 Å². The number of rotatable bonds is 11. The molecule has 3 aromatic rings. The SMILES string of the molecule is CCNC(=O)[C@@H](C)N(Cc1ccc(Cl)cc1Cl)C(=O)CN(c1ccc(OC)cc1)S(=O)(=O)c1ccccc1. The number of carbonyl (C=O) groups excluding carboxylic acids is 2. The molecule has 8 nitrogen and oxygen atoms in total. The highest BCUT2D eigenvalue weighted by atomic mass is 35.5. The van der Waals surface area contributed by atoms with E-state index in [9.17, 15) is 18.0 Å². The fourth-order valence-corrected chi connectivity index (χ4v) is 5.64. The maximum absolute atomic E-state index is 13.8. The highest BCUT2D eigenvalue weighted by molar-refractivity contribution is 7.92. The van der Waals surface area contributed by atoms with Crippen molar-refractivity contribution in [1.82, 2.24) is 10.2 Å². The van der Waals surface area contributed by atoms with Crippen molar-refractivity contribution in [2.24, 2.45) is 0 Å². The first kappa shape index (κ1) is 29.3. The van der Waals surface area contributed by atoms with Gasteiger partial charge in [0, 0.05) is 23.1 Å². The number of nitrogens with one attached hydrogen (secondary N) is 1. The molecule has 3 rings (SSSR count). The monoisotopic (exact) mass is 577 g/mol. The zero-order chi connectivity index (χ0) is 27.9. The second-order valence-electron chi connectivity index (χ2n) is 8.35. The summed E-state index contributed by atoms with van der Waals surface area (Å²) in [6, 6.07) is 18.1. The highest BCUT2D eigenvalue weighted by Gasteiger charge is 2.32. The third kappa shape index (κ3) is 6.98. The van der Waals surface area contributed by atoms with E-state index in [-0.39, 0.29) is 23.0 Å². The molecule has 0 unspecified atom stereocenters. The smallest absolute Gasteiger partial charge is 0.264 e. The topological polar surface area (TPSA) is 96.0 Å². The van der Waals surface area contributed by atoms with Gasteiger partial charge in [0.1, 0.15) is 18.3 Å². The summed E-state index contributed by atoms with van der Waals surface area (Å²) in [5.74, 6) is -0.445. The van der Waals surface area contributed by atoms with Gasteiger partial charge in [-0.15, -0.1) is 0 Å². The molecule has 202 valence electrons. The second-order valence-corrected chi connectivity index (χ2v) is 11.1. The Bertz CT molecular complexity index is 1370. The van der Waals surface area contributed by atoms with Crippen LogP contribution in [-0.4, -0.2) is 51.4 Å². The Morgan fingerprint density at radius 2 is 1.66 bits per heavy atom. The minimum Gasteiger partial charge on any atom is -0.497 e. The van der Waals surface area contributed by atoms with Crippen LogP contribution in [0.4, 0.5) is 5.69 Å². The van der Waals surface area contributed by atoms with Crippen molar-refractivity contribution in [1.29, 1.82) is 0 Å². The van der Waals surface area contributed by atoms with Crippen LogP contribution >= 0.6 is 23.2 Å². The molecular weight excluding hydrogens is 549 g/mol. The molecule has 1 N–H and O–H groups in total. The Hall–Kier alpha value is -3.27. The van der Waals surface area contributed by atoms with Crippen molar-refractivity contribution < 1.29 is 22.7 Å². The minimum absolute atomic E-state index is 0.0210. The first-order chi connectivity index (χ1) is 18.1. The van der Waals surface area contributed by atoms with Crippen LogP contribution in [0.3, 0.4) is 0 Å². The van der Waals surface area contributed by atoms with E-state index in [1.807, 2.05) is 0 Å². The van der Waals surface area contributed by atoms with Gasteiger partial charge in [-0.25, -0.2) is 8.42 Å². The Morgan fingerprint density at radius 3 is 2.24 bits per heavy atom. The number of ether oxygens (including phenoxy) is 1. The van der Waals surface area contributed by atoms with Gasteiger partial charge in [-0.1, -0.05) is 47.5 Å². The maximum atomic E-state index is 13.8. The van der Waals surface area contributed by atoms with Crippen LogP contribution in [0.1, 0.15) is 19.4 Å². The summed E-state index contributed by atoms with van der Waals surface area (Å²) >= 11 is 12.4. The summed E-state index contributed by atoms with van der Waals surface area (Å²) in [7, 11) is -2.64. The maximum Gasteiger partial charge on any atom is 0.264 e. The first-order valence-electron chi connectivity index (χ1n) is 11.8. The number of nitrogens with zero attached hydrogens (tertiary/aromatic N) is 2. The lowest BCUT2D eigenvalue weighted by atomic mass is 10.1. The molecule has 0 saturated heterocycles. The standard InChI is InChI=1S/C27H29Cl2N3O5S/c1-4-30-27(34)19(2)31(17-20-10-11-21(28)16-25(20)29)26(33)18-32(22-12-14-23(37-3)15-13-22)38(35,36)24-8-6-5-7-9-24/h5-16,19H,4,17-18H2,1-3H3,(H,30,34)/t19-/m1/s1. The van der Waals surface area contributed by atoms with E-state index in [4.69, 9.17) is 27.9 Å². The number of halogens is 2. The van der Waals surface area contributed by atoms with E-state index >= 15 is 0 Å². The number of anilines is 1. The van der Waals surface area contributed by atoms with Gasteiger partial charge >= 0.3 is 0 Å². The molecule has 0 aromatic heterocycles. The third-order valence-corrected chi connectivity index (χ3v) is 8.22. The molecule has 0 saturated carbocycles. The highest BCUT2D eigenvalue weighted by Crippen LogP contribution is 2.27. The lowest BCUT2D eigenvalue weighted by Gasteiger charge is -2.32. The summed E-state index contributed by atoms with van der Waals surface area (Å²) in [4.78, 5) is 27.9. The van der Waals surface area contributed by atoms with Crippen molar-refractivity contribution in [2.45, 2.75) is 31.3 Å². The lowest BCUT2D eigenvalue weighted by molar-refractivity contribution is -0.139. The van der Waals surface area contributed by atoms with E-state index in [2.05, 4.69) is 5.32 Å². The molecule has 0 spiro atoms. The fraction of sp³-hybridized carbons (Fsp3) is 0.259. The number of carbonyl (C=O) groups is 2. The molecule has 2 amide bonds. The van der Waals surface area contributed by atoms with Crippen LogP contribution in [0.2, 0.25) is 10.0 Å². The van der Waals surface area contributed by atoms with Crippen molar-refractivity contribution in [3.05, 3.63) is 88.4 Å². The molecule has 3 aromatic carbocycles. The van der Waals surface area contributed by atoms with Crippen LogP contribution in [-0.2, 0) is 26.2 Å². The number of hydrogen-bond acceptors (Lipinski definition) is 5. The van der Waals surface area contributed by atoms with Gasteiger partial charge in [0.05, 0.1) is 17.7 Å². The Morgan fingerprint density at radius 1 is 1.00 bits per heavy atom. The third-order valence-electron chi connectivity index (χ3n) is 5.84. The fourth-order valence-electron chi connectivity index (χ4n) is 3.73. The predicted molar refractivity (Wildman–Crippen MR) is 149 cm³/mol. The van der Waals surface area contributed by atoms with Gasteiger partial charge in [0.2, 0.25) is 11.8 Å². The Kier molecular flexibility index (Phi) is 10.0. The number of amides is 2. The molecule has 0 fully saturated rings. The molecule has 0 radical (unpaired) electrons. The van der Waals surface area contributed by atoms with Gasteiger partial charge < -0.3 is 15.0 Å². The molecule has 11 heteroatoms. The zero-order valence-electron chi connectivity index (χ0n) is 21.2. The molecule has 0 bridgehead atoms. The first-order valence-corrected chi connectivity index (χ1v) is 14.0. The lowest BCUT2D eigenvalue weighted by Crippen LogP contribution is -2.51. The molecule has 0 aliphatic carbocycles. The zero-order valence-corrected chi connectivity index (χ0v) is 23.6. The van der Waals surface area contributed by atoms with Gasteiger partial charge in [-0.3, -0.25) is 13.9 Å². The molecule has 38 heavy (non-hydrogen) atoms. The molecule has 0 aliphatic rings. The summed E-state index contributed by atoms with van der Waals surface area (Å²) < 4.78 is 33.6. The van der Waals surface area contributed by atoms with Crippen LogP contribution in [0.5, 0.6) is 5.75 Å². The van der Waals surface area contributed by atoms with Crippen molar-refractivity contribution in [3.8, 4) is 5.75 Å². The van der Waals surface area contributed by atoms with E-state index in [0.29, 0.717) is 27.9 Å². The number of sulfonamides is 1. The van der Waals surface area contributed by atoms with Crippen molar-refractivity contribution >= 4 is 50.7 Å². The van der Waals surface area contributed by atoms with Gasteiger partial charge in [-0.2, -0.15) is 0 Å². The summed E-state index contributed by atoms with van der Waals surface area (Å²) in [5.41, 5.74) is 0.820. The van der Waals surface area contributed by atoms with Gasteiger partial charge in [0.25, 0.3) is 10.0 Å². The molecular formula is C27H29Cl2N3O5S. The molecule has 0 aliphatic heterocycles. The average molecular weight is 579 g/mol. The van der Waals surface area contributed by atoms with Crippen LogP contribution in [0.25, 0.3) is 0 Å². The van der Waals surface area contributed by atoms with Gasteiger partial charge in [0.15, 0.2) is 0 Å². The van der Waals surface area contributed by atoms with E-state index in [1.54, 1.807) is 74.5 Å². The van der Waals surface area contributed by atoms with Crippen molar-refractivity contribution in [2.75, 3.05) is 24.5 Å². The largest absolute Gasteiger partial charge is 0.497 e. The second kappa shape index (κ2) is 13.0. The summed E-state index contributed by atoms with van der Waals surface area (Å²) in [6.07, 6.45) is 0. The summed E-state index contributed by atoms with van der Waals surface area (Å²) in [6.45, 7) is 3.13. The van der Waals surface area contributed by atoms with Crippen LogP contribution < -0.4 is 14.4 Å². The van der Waals surface area contributed by atoms with Crippen molar-refractivity contribution in [3.63, 3.8) is 0 Å². The average Bonchev–Trinajstić information content (AvgIpc) is 2.91. The number of likely N-dealkylation sites (N-methyl/N-ethyl adjacent to an activating group) is 1. The number of benzene rings is 3. The predicted octanol–water partition coefficient (Wildman–Crippen LogP) is 4.75. The van der Waals surface area contributed by atoms with E-state index in [0.717, 1.165) is 4.31 Å². The molecule has 1 atom stereocenters. The van der Waals surface area contributed by atoms with E-state index < -0.39 is 28.5 Å². The number of methoxy groups -OCH3 is 1. The van der Waals surface area contributed by atoms with Gasteiger partial charge in [-0.05, 0) is 67.9 Å².